The van der Waals surface area contributed by atoms with E-state index in [1.165, 1.54) is 0 Å². The van der Waals surface area contributed by atoms with Crippen LogP contribution in [0, 0.1) is 6.92 Å². The van der Waals surface area contributed by atoms with Gasteiger partial charge in [-0.1, -0.05) is 29.8 Å². The van der Waals surface area contributed by atoms with E-state index in [4.69, 9.17) is 21.1 Å². The number of hydrogen-bond acceptors (Lipinski definition) is 3. The van der Waals surface area contributed by atoms with Gasteiger partial charge < -0.3 is 14.8 Å². The van der Waals surface area contributed by atoms with Crippen LogP contribution in [0.4, 0.5) is 0 Å². The molecule has 0 aromatic heterocycles. The second-order valence-electron chi connectivity index (χ2n) is 5.19. The van der Waals surface area contributed by atoms with Crippen molar-refractivity contribution in [3.05, 3.63) is 53.1 Å². The van der Waals surface area contributed by atoms with Crippen LogP contribution in [0.5, 0.6) is 17.2 Å². The molecule has 0 aliphatic carbocycles. The lowest BCUT2D eigenvalue weighted by Gasteiger charge is -2.17. The molecule has 0 amide bonds. The summed E-state index contributed by atoms with van der Waals surface area (Å²) in [6.07, 6.45) is 1.19. The van der Waals surface area contributed by atoms with E-state index in [9.17, 15) is 0 Å². The zero-order chi connectivity index (χ0) is 14.7. The molecule has 0 saturated carbocycles. The molecule has 3 rings (SSSR count). The average molecular weight is 304 g/mol. The van der Waals surface area contributed by atoms with Crippen molar-refractivity contribution in [2.75, 3.05) is 13.1 Å². The Morgan fingerprint density at radius 2 is 1.95 bits per heavy atom. The van der Waals surface area contributed by atoms with Crippen LogP contribution < -0.4 is 14.8 Å². The Labute approximate surface area is 129 Å². The number of aryl methyl sites for hydroxylation is 1. The normalized spacial score (nSPS) is 17.7. The lowest BCUT2D eigenvalue weighted by atomic mass is 10.2. The van der Waals surface area contributed by atoms with Gasteiger partial charge in [0, 0.05) is 17.6 Å². The van der Waals surface area contributed by atoms with Crippen LogP contribution in [0.3, 0.4) is 0 Å². The fourth-order valence-corrected chi connectivity index (χ4v) is 2.52. The number of hydrogen-bond donors (Lipinski definition) is 1. The molecular weight excluding hydrogens is 286 g/mol. The van der Waals surface area contributed by atoms with Gasteiger partial charge in [0.15, 0.2) is 11.5 Å². The van der Waals surface area contributed by atoms with Gasteiger partial charge in [-0.15, -0.1) is 0 Å². The first kappa shape index (κ1) is 14.2. The summed E-state index contributed by atoms with van der Waals surface area (Å²) < 4.78 is 12.0. The minimum absolute atomic E-state index is 0.186. The minimum atomic E-state index is 0.186. The monoisotopic (exact) mass is 303 g/mol. The molecule has 1 atom stereocenters. The first-order chi connectivity index (χ1) is 10.2. The van der Waals surface area contributed by atoms with E-state index in [0.717, 1.165) is 36.6 Å². The zero-order valence-electron chi connectivity index (χ0n) is 11.9. The Hall–Kier alpha value is -1.71. The predicted octanol–water partition coefficient (Wildman–Crippen LogP) is 4.18. The van der Waals surface area contributed by atoms with Crippen LogP contribution in [0.15, 0.2) is 42.5 Å². The molecule has 1 fully saturated rings. The third kappa shape index (κ3) is 3.49. The molecule has 0 radical (unpaired) electrons. The first-order valence-corrected chi connectivity index (χ1v) is 7.50. The van der Waals surface area contributed by atoms with E-state index in [0.29, 0.717) is 10.8 Å². The van der Waals surface area contributed by atoms with Gasteiger partial charge >= 0.3 is 0 Å². The van der Waals surface area contributed by atoms with Crippen LogP contribution in [0.2, 0.25) is 5.02 Å². The molecule has 0 unspecified atom stereocenters. The molecule has 0 spiro atoms. The van der Waals surface area contributed by atoms with Crippen molar-refractivity contribution >= 4 is 11.6 Å². The molecule has 1 aliphatic rings. The molecule has 2 aromatic carbocycles. The highest BCUT2D eigenvalue weighted by atomic mass is 35.5. The molecule has 110 valence electrons. The number of para-hydroxylation sites is 1. The van der Waals surface area contributed by atoms with Gasteiger partial charge in [0.2, 0.25) is 0 Å². The van der Waals surface area contributed by atoms with Crippen molar-refractivity contribution in [2.24, 2.45) is 0 Å². The molecule has 1 heterocycles. The summed E-state index contributed by atoms with van der Waals surface area (Å²) in [4.78, 5) is 0. The summed E-state index contributed by atoms with van der Waals surface area (Å²) in [7, 11) is 0. The molecule has 3 nitrogen and oxygen atoms in total. The number of benzene rings is 2. The number of nitrogens with one attached hydrogen (secondary N) is 1. The van der Waals surface area contributed by atoms with E-state index in [2.05, 4.69) is 5.32 Å². The van der Waals surface area contributed by atoms with Crippen LogP contribution in [0.25, 0.3) is 0 Å². The standard InChI is InChI=1S/C17H18ClNO2/c1-12-4-2-3-5-15(12)21-17-10-13(18)6-7-16(17)20-14-8-9-19-11-14/h2-7,10,14,19H,8-9,11H2,1H3/t14-/m0/s1. The quantitative estimate of drug-likeness (QED) is 0.919. The van der Waals surface area contributed by atoms with Gasteiger partial charge in [-0.05, 0) is 43.7 Å². The highest BCUT2D eigenvalue weighted by Crippen LogP contribution is 2.36. The maximum Gasteiger partial charge on any atom is 0.170 e. The van der Waals surface area contributed by atoms with Crippen molar-refractivity contribution in [3.63, 3.8) is 0 Å². The lowest BCUT2D eigenvalue weighted by Crippen LogP contribution is -2.19. The van der Waals surface area contributed by atoms with Crippen molar-refractivity contribution in [1.29, 1.82) is 0 Å². The minimum Gasteiger partial charge on any atom is -0.485 e. The molecule has 1 aliphatic heterocycles. The lowest BCUT2D eigenvalue weighted by molar-refractivity contribution is 0.215. The second kappa shape index (κ2) is 6.37. The van der Waals surface area contributed by atoms with E-state index in [-0.39, 0.29) is 6.10 Å². The van der Waals surface area contributed by atoms with Gasteiger partial charge in [0.25, 0.3) is 0 Å². The number of ether oxygens (including phenoxy) is 2. The summed E-state index contributed by atoms with van der Waals surface area (Å²) in [5, 5.41) is 3.93. The molecule has 0 bridgehead atoms. The van der Waals surface area contributed by atoms with Gasteiger partial charge in [-0.25, -0.2) is 0 Å². The smallest absolute Gasteiger partial charge is 0.170 e. The SMILES string of the molecule is Cc1ccccc1Oc1cc(Cl)ccc1O[C@H]1CCNC1. The predicted molar refractivity (Wildman–Crippen MR) is 84.6 cm³/mol. The summed E-state index contributed by atoms with van der Waals surface area (Å²) in [6, 6.07) is 13.4. The zero-order valence-corrected chi connectivity index (χ0v) is 12.7. The van der Waals surface area contributed by atoms with E-state index < -0.39 is 0 Å². The maximum absolute atomic E-state index is 6.09. The van der Waals surface area contributed by atoms with Crippen molar-refractivity contribution < 1.29 is 9.47 Å². The van der Waals surface area contributed by atoms with Crippen LogP contribution in [-0.2, 0) is 0 Å². The summed E-state index contributed by atoms with van der Waals surface area (Å²) in [5.41, 5.74) is 1.07. The van der Waals surface area contributed by atoms with Gasteiger partial charge in [0.1, 0.15) is 11.9 Å². The highest BCUT2D eigenvalue weighted by Gasteiger charge is 2.18. The summed E-state index contributed by atoms with van der Waals surface area (Å²) in [6.45, 7) is 3.87. The third-order valence-electron chi connectivity index (χ3n) is 3.53. The molecular formula is C17H18ClNO2. The number of halogens is 1. The average Bonchev–Trinajstić information content (AvgIpc) is 2.97. The molecule has 1 saturated heterocycles. The Kier molecular flexibility index (Phi) is 4.32. The molecule has 1 N–H and O–H groups in total. The fourth-order valence-electron chi connectivity index (χ4n) is 2.36. The topological polar surface area (TPSA) is 30.5 Å². The Morgan fingerprint density at radius 3 is 2.71 bits per heavy atom. The van der Waals surface area contributed by atoms with Gasteiger partial charge in [0.05, 0.1) is 0 Å². The second-order valence-corrected chi connectivity index (χ2v) is 5.63. The fraction of sp³-hybridized carbons (Fsp3) is 0.294. The Morgan fingerprint density at radius 1 is 1.10 bits per heavy atom. The van der Waals surface area contributed by atoms with E-state index in [1.807, 2.05) is 43.3 Å². The van der Waals surface area contributed by atoms with Crippen molar-refractivity contribution in [3.8, 4) is 17.2 Å². The molecule has 2 aromatic rings. The summed E-state index contributed by atoms with van der Waals surface area (Å²) >= 11 is 6.09. The summed E-state index contributed by atoms with van der Waals surface area (Å²) in [5.74, 6) is 2.20. The van der Waals surface area contributed by atoms with Crippen molar-refractivity contribution in [2.45, 2.75) is 19.4 Å². The Balaban J connectivity index is 1.85. The first-order valence-electron chi connectivity index (χ1n) is 7.13. The van der Waals surface area contributed by atoms with Crippen LogP contribution >= 0.6 is 11.6 Å². The van der Waals surface area contributed by atoms with Crippen LogP contribution in [0.1, 0.15) is 12.0 Å². The molecule has 21 heavy (non-hydrogen) atoms. The van der Waals surface area contributed by atoms with Gasteiger partial charge in [-0.2, -0.15) is 0 Å². The van der Waals surface area contributed by atoms with Crippen molar-refractivity contribution in [1.82, 2.24) is 5.32 Å². The van der Waals surface area contributed by atoms with E-state index >= 15 is 0 Å². The Bertz CT molecular complexity index is 624. The van der Waals surface area contributed by atoms with E-state index in [1.54, 1.807) is 6.07 Å². The van der Waals surface area contributed by atoms with Crippen LogP contribution in [-0.4, -0.2) is 19.2 Å². The largest absolute Gasteiger partial charge is 0.485 e. The number of rotatable bonds is 4. The maximum atomic E-state index is 6.09. The highest BCUT2D eigenvalue weighted by molar-refractivity contribution is 6.30. The third-order valence-corrected chi connectivity index (χ3v) is 3.76. The van der Waals surface area contributed by atoms with Gasteiger partial charge in [-0.3, -0.25) is 0 Å². The molecule has 4 heteroatoms.